The van der Waals surface area contributed by atoms with Crippen LogP contribution in [0, 0.1) is 13.8 Å². The predicted molar refractivity (Wildman–Crippen MR) is 83.4 cm³/mol. The van der Waals surface area contributed by atoms with Gasteiger partial charge >= 0.3 is 0 Å². The van der Waals surface area contributed by atoms with Gasteiger partial charge in [-0.2, -0.15) is 0 Å². The van der Waals surface area contributed by atoms with Crippen LogP contribution in [0.15, 0.2) is 48.5 Å². The average molecular weight is 262 g/mol. The van der Waals surface area contributed by atoms with Crippen molar-refractivity contribution in [2.24, 2.45) is 0 Å². The smallest absolute Gasteiger partial charge is 0.164 e. The summed E-state index contributed by atoms with van der Waals surface area (Å²) in [6.07, 6.45) is 1.48. The van der Waals surface area contributed by atoms with Crippen molar-refractivity contribution < 1.29 is 4.79 Å². The van der Waals surface area contributed by atoms with Crippen molar-refractivity contribution in [3.8, 4) is 0 Å². The molecule has 2 aromatic carbocycles. The first-order valence-electron chi connectivity index (χ1n) is 7.05. The Bertz CT molecular complexity index is 673. The fourth-order valence-corrected chi connectivity index (χ4v) is 2.76. The van der Waals surface area contributed by atoms with Crippen LogP contribution >= 0.6 is 0 Å². The monoisotopic (exact) mass is 262 g/mol. The normalized spacial score (nSPS) is 15.0. The molecule has 20 heavy (non-hydrogen) atoms. The van der Waals surface area contributed by atoms with Crippen LogP contribution in [-0.4, -0.2) is 5.78 Å². The van der Waals surface area contributed by atoms with E-state index in [2.05, 4.69) is 62.4 Å². The summed E-state index contributed by atoms with van der Waals surface area (Å²) in [7, 11) is 0. The zero-order chi connectivity index (χ0) is 14.1. The Hall–Kier alpha value is -2.15. The van der Waals surface area contributed by atoms with E-state index in [-0.39, 0.29) is 5.78 Å². The highest BCUT2D eigenvalue weighted by Crippen LogP contribution is 2.37. The van der Waals surface area contributed by atoms with Crippen molar-refractivity contribution in [1.82, 2.24) is 0 Å². The van der Waals surface area contributed by atoms with E-state index in [1.807, 2.05) is 0 Å². The molecule has 1 aliphatic carbocycles. The van der Waals surface area contributed by atoms with Crippen LogP contribution in [-0.2, 0) is 4.79 Å². The third kappa shape index (κ3) is 2.32. The number of allylic oxidation sites excluding steroid dienone is 2. The second kappa shape index (κ2) is 5.09. The molecule has 0 heterocycles. The van der Waals surface area contributed by atoms with Crippen LogP contribution in [0.4, 0.5) is 0 Å². The second-order valence-corrected chi connectivity index (χ2v) is 5.51. The van der Waals surface area contributed by atoms with Crippen LogP contribution in [0.2, 0.25) is 0 Å². The fourth-order valence-electron chi connectivity index (χ4n) is 2.76. The van der Waals surface area contributed by atoms with Gasteiger partial charge in [-0.15, -0.1) is 0 Å². The Balaban J connectivity index is 2.12. The number of ketones is 1. The van der Waals surface area contributed by atoms with Gasteiger partial charge in [0.05, 0.1) is 0 Å². The molecule has 0 bridgehead atoms. The number of carbonyl (C=O) groups excluding carboxylic acids is 1. The lowest BCUT2D eigenvalue weighted by atomic mass is 9.96. The third-order valence-corrected chi connectivity index (χ3v) is 3.92. The van der Waals surface area contributed by atoms with E-state index in [0.29, 0.717) is 6.42 Å². The van der Waals surface area contributed by atoms with E-state index in [1.165, 1.54) is 22.3 Å². The largest absolute Gasteiger partial charge is 0.294 e. The lowest BCUT2D eigenvalue weighted by molar-refractivity contribution is -0.113. The molecule has 2 aromatic rings. The molecule has 0 aromatic heterocycles. The minimum absolute atomic E-state index is 0.268. The number of hydrogen-bond donors (Lipinski definition) is 0. The van der Waals surface area contributed by atoms with E-state index >= 15 is 0 Å². The van der Waals surface area contributed by atoms with Crippen molar-refractivity contribution in [3.63, 3.8) is 0 Å². The summed E-state index contributed by atoms with van der Waals surface area (Å²) in [6, 6.07) is 16.7. The minimum atomic E-state index is 0.268. The quantitative estimate of drug-likeness (QED) is 0.774. The lowest BCUT2D eigenvalue weighted by Gasteiger charge is -2.08. The van der Waals surface area contributed by atoms with E-state index in [1.54, 1.807) is 0 Å². The maximum Gasteiger partial charge on any atom is 0.164 e. The molecule has 100 valence electrons. The van der Waals surface area contributed by atoms with Gasteiger partial charge < -0.3 is 0 Å². The Morgan fingerprint density at radius 2 is 1.20 bits per heavy atom. The molecule has 0 aliphatic heterocycles. The van der Waals surface area contributed by atoms with Crippen LogP contribution in [0.25, 0.3) is 11.1 Å². The minimum Gasteiger partial charge on any atom is -0.294 e. The van der Waals surface area contributed by atoms with Crippen LogP contribution in [0.5, 0.6) is 0 Å². The van der Waals surface area contributed by atoms with Crippen LogP contribution in [0.3, 0.4) is 0 Å². The van der Waals surface area contributed by atoms with Gasteiger partial charge in [-0.25, -0.2) is 0 Å². The van der Waals surface area contributed by atoms with Crippen molar-refractivity contribution >= 4 is 16.9 Å². The Morgan fingerprint density at radius 1 is 0.700 bits per heavy atom. The van der Waals surface area contributed by atoms with Crippen molar-refractivity contribution in [2.45, 2.75) is 26.7 Å². The molecular formula is C19H18O. The molecule has 0 saturated carbocycles. The SMILES string of the molecule is Cc1ccc(C2=C(c3ccc(C)cc3)C(=O)CC2)cc1. The highest BCUT2D eigenvalue weighted by Gasteiger charge is 2.24. The second-order valence-electron chi connectivity index (χ2n) is 5.51. The van der Waals surface area contributed by atoms with E-state index in [4.69, 9.17) is 0 Å². The zero-order valence-corrected chi connectivity index (χ0v) is 11.9. The maximum absolute atomic E-state index is 12.3. The van der Waals surface area contributed by atoms with Gasteiger partial charge in [0.25, 0.3) is 0 Å². The van der Waals surface area contributed by atoms with Gasteiger partial charge in [0.1, 0.15) is 0 Å². The summed E-state index contributed by atoms with van der Waals surface area (Å²) >= 11 is 0. The molecule has 0 radical (unpaired) electrons. The highest BCUT2D eigenvalue weighted by atomic mass is 16.1. The molecule has 1 heteroatoms. The summed E-state index contributed by atoms with van der Waals surface area (Å²) in [5.41, 5.74) is 6.80. The van der Waals surface area contributed by atoms with Gasteiger partial charge in [0.2, 0.25) is 0 Å². The predicted octanol–water partition coefficient (Wildman–Crippen LogP) is 4.58. The molecule has 0 fully saturated rings. The summed E-state index contributed by atoms with van der Waals surface area (Å²) in [4.78, 5) is 12.3. The number of aryl methyl sites for hydroxylation is 2. The van der Waals surface area contributed by atoms with Gasteiger partial charge in [-0.1, -0.05) is 59.7 Å². The molecular weight excluding hydrogens is 244 g/mol. The Kier molecular flexibility index (Phi) is 3.27. The van der Waals surface area contributed by atoms with Gasteiger partial charge in [0, 0.05) is 12.0 Å². The van der Waals surface area contributed by atoms with E-state index in [0.717, 1.165) is 17.6 Å². The number of carbonyl (C=O) groups is 1. The number of rotatable bonds is 2. The van der Waals surface area contributed by atoms with Crippen LogP contribution < -0.4 is 0 Å². The first kappa shape index (κ1) is 12.9. The van der Waals surface area contributed by atoms with Gasteiger partial charge in [-0.05, 0) is 37.0 Å². The first-order valence-corrected chi connectivity index (χ1v) is 7.05. The summed E-state index contributed by atoms with van der Waals surface area (Å²) in [5.74, 6) is 0.268. The Labute approximate surface area is 120 Å². The standard InChI is InChI=1S/C19H18O/c1-13-3-7-15(8-4-13)17-11-12-18(20)19(17)16-9-5-14(2)6-10-16/h3-10H,11-12H2,1-2H3. The third-order valence-electron chi connectivity index (χ3n) is 3.92. The number of benzene rings is 2. The van der Waals surface area contributed by atoms with Crippen LogP contribution in [0.1, 0.15) is 35.1 Å². The molecule has 3 rings (SSSR count). The molecule has 1 nitrogen and oxygen atoms in total. The Morgan fingerprint density at radius 3 is 1.75 bits per heavy atom. The van der Waals surface area contributed by atoms with Gasteiger partial charge in [-0.3, -0.25) is 4.79 Å². The summed E-state index contributed by atoms with van der Waals surface area (Å²) < 4.78 is 0. The van der Waals surface area contributed by atoms with Crippen molar-refractivity contribution in [2.75, 3.05) is 0 Å². The molecule has 0 atom stereocenters. The molecule has 0 spiro atoms. The maximum atomic E-state index is 12.3. The van der Waals surface area contributed by atoms with Gasteiger partial charge in [0.15, 0.2) is 5.78 Å². The number of Topliss-reactive ketones (excluding diaryl/α,β-unsaturated/α-hetero) is 1. The molecule has 0 unspecified atom stereocenters. The van der Waals surface area contributed by atoms with E-state index in [9.17, 15) is 4.79 Å². The summed E-state index contributed by atoms with van der Waals surface area (Å²) in [6.45, 7) is 4.15. The molecule has 0 N–H and O–H groups in total. The lowest BCUT2D eigenvalue weighted by Crippen LogP contribution is -1.96. The topological polar surface area (TPSA) is 17.1 Å². The average Bonchev–Trinajstić information content (AvgIpc) is 2.83. The summed E-state index contributed by atoms with van der Waals surface area (Å²) in [5, 5.41) is 0. The molecule has 1 aliphatic rings. The van der Waals surface area contributed by atoms with Crippen molar-refractivity contribution in [3.05, 3.63) is 70.8 Å². The van der Waals surface area contributed by atoms with Crippen molar-refractivity contribution in [1.29, 1.82) is 0 Å². The molecule has 0 amide bonds. The highest BCUT2D eigenvalue weighted by molar-refractivity contribution is 6.31. The first-order chi connectivity index (χ1) is 9.65. The fraction of sp³-hybridized carbons (Fsp3) is 0.211. The molecule has 0 saturated heterocycles. The number of hydrogen-bond acceptors (Lipinski definition) is 1. The van der Waals surface area contributed by atoms with E-state index < -0.39 is 0 Å². The zero-order valence-electron chi connectivity index (χ0n) is 11.9.